The second-order valence-corrected chi connectivity index (χ2v) is 9.47. The topological polar surface area (TPSA) is 63.6 Å². The maximum Gasteiger partial charge on any atom is 0.211 e. The molecule has 144 valence electrons. The van der Waals surface area contributed by atoms with Gasteiger partial charge >= 0.3 is 0 Å². The van der Waals surface area contributed by atoms with Gasteiger partial charge in [-0.2, -0.15) is 0 Å². The number of hydrogen-bond acceptors (Lipinski definition) is 7. The Morgan fingerprint density at radius 1 is 1.00 bits per heavy atom. The SMILES string of the molecule is CC(C)Cc1nnc(Nc2ncnc3scc(-c4ccc(C(C)C)cc4)c23)s1. The molecule has 3 heterocycles. The van der Waals surface area contributed by atoms with Crippen molar-refractivity contribution in [2.75, 3.05) is 5.32 Å². The maximum absolute atomic E-state index is 4.50. The third-order valence-corrected chi connectivity index (χ3v) is 6.28. The number of aromatic nitrogens is 4. The number of rotatable bonds is 6. The van der Waals surface area contributed by atoms with Crippen molar-refractivity contribution in [2.24, 2.45) is 5.92 Å². The number of thiophene rings is 1. The second kappa shape index (κ2) is 7.93. The van der Waals surface area contributed by atoms with Crippen molar-refractivity contribution < 1.29 is 0 Å². The summed E-state index contributed by atoms with van der Waals surface area (Å²) in [4.78, 5) is 9.92. The van der Waals surface area contributed by atoms with E-state index < -0.39 is 0 Å². The summed E-state index contributed by atoms with van der Waals surface area (Å²) < 4.78 is 0. The summed E-state index contributed by atoms with van der Waals surface area (Å²) in [5, 5.41) is 16.9. The molecule has 4 aromatic rings. The van der Waals surface area contributed by atoms with Gasteiger partial charge in [-0.05, 0) is 23.0 Å². The number of nitrogens with one attached hydrogen (secondary N) is 1. The fraction of sp³-hybridized carbons (Fsp3) is 0.333. The molecule has 0 unspecified atom stereocenters. The molecular weight excluding hydrogens is 386 g/mol. The lowest BCUT2D eigenvalue weighted by atomic mass is 9.99. The maximum atomic E-state index is 4.50. The van der Waals surface area contributed by atoms with Crippen LogP contribution in [0.3, 0.4) is 0 Å². The molecule has 0 aliphatic rings. The Bertz CT molecular complexity index is 1080. The summed E-state index contributed by atoms with van der Waals surface area (Å²) in [7, 11) is 0. The normalized spacial score (nSPS) is 11.6. The van der Waals surface area contributed by atoms with Gasteiger partial charge in [0.1, 0.15) is 22.0 Å². The van der Waals surface area contributed by atoms with Gasteiger partial charge in [-0.3, -0.25) is 0 Å². The summed E-state index contributed by atoms with van der Waals surface area (Å²) in [6, 6.07) is 8.76. The Morgan fingerprint density at radius 3 is 2.50 bits per heavy atom. The number of fused-ring (bicyclic) bond motifs is 1. The van der Waals surface area contributed by atoms with E-state index in [-0.39, 0.29) is 0 Å². The quantitative estimate of drug-likeness (QED) is 0.406. The van der Waals surface area contributed by atoms with Crippen molar-refractivity contribution in [3.05, 3.63) is 46.5 Å². The molecule has 0 saturated carbocycles. The number of nitrogens with zero attached hydrogens (tertiary/aromatic N) is 4. The highest BCUT2D eigenvalue weighted by Gasteiger charge is 2.15. The molecule has 4 rings (SSSR count). The first-order valence-electron chi connectivity index (χ1n) is 9.43. The third kappa shape index (κ3) is 3.91. The lowest BCUT2D eigenvalue weighted by Crippen LogP contribution is -1.95. The fourth-order valence-electron chi connectivity index (χ4n) is 3.07. The minimum absolute atomic E-state index is 0.520. The zero-order valence-corrected chi connectivity index (χ0v) is 18.1. The Balaban J connectivity index is 1.70. The number of hydrogen-bond donors (Lipinski definition) is 1. The lowest BCUT2D eigenvalue weighted by Gasteiger charge is -2.08. The van der Waals surface area contributed by atoms with E-state index in [0.717, 1.165) is 38.2 Å². The van der Waals surface area contributed by atoms with E-state index in [4.69, 9.17) is 0 Å². The lowest BCUT2D eigenvalue weighted by molar-refractivity contribution is 0.640. The van der Waals surface area contributed by atoms with Crippen LogP contribution >= 0.6 is 22.7 Å². The van der Waals surface area contributed by atoms with Gasteiger partial charge in [0.2, 0.25) is 5.13 Å². The van der Waals surface area contributed by atoms with Crippen LogP contribution in [0, 0.1) is 5.92 Å². The monoisotopic (exact) mass is 409 g/mol. The molecule has 0 fully saturated rings. The van der Waals surface area contributed by atoms with E-state index in [9.17, 15) is 0 Å². The van der Waals surface area contributed by atoms with Crippen molar-refractivity contribution in [3.8, 4) is 11.1 Å². The van der Waals surface area contributed by atoms with E-state index in [1.807, 2.05) is 0 Å². The second-order valence-electron chi connectivity index (χ2n) is 7.55. The van der Waals surface area contributed by atoms with Crippen LogP contribution in [0.1, 0.15) is 44.2 Å². The summed E-state index contributed by atoms with van der Waals surface area (Å²) in [6.45, 7) is 8.79. The molecule has 28 heavy (non-hydrogen) atoms. The van der Waals surface area contributed by atoms with Crippen LogP contribution in [-0.2, 0) is 6.42 Å². The van der Waals surface area contributed by atoms with Crippen molar-refractivity contribution in [1.82, 2.24) is 20.2 Å². The molecule has 0 aliphatic carbocycles. The first kappa shape index (κ1) is 19.0. The minimum atomic E-state index is 0.520. The first-order chi connectivity index (χ1) is 13.5. The molecule has 0 radical (unpaired) electrons. The highest BCUT2D eigenvalue weighted by molar-refractivity contribution is 7.17. The molecular formula is C21H23N5S2. The van der Waals surface area contributed by atoms with Gasteiger partial charge in [0, 0.05) is 17.4 Å². The van der Waals surface area contributed by atoms with Gasteiger partial charge in [-0.15, -0.1) is 21.5 Å². The first-order valence-corrected chi connectivity index (χ1v) is 11.1. The average Bonchev–Trinajstić information content (AvgIpc) is 3.29. The zero-order valence-electron chi connectivity index (χ0n) is 16.4. The van der Waals surface area contributed by atoms with E-state index >= 15 is 0 Å². The van der Waals surface area contributed by atoms with Gasteiger partial charge in [0.05, 0.1) is 5.39 Å². The predicted octanol–water partition coefficient (Wildman–Crippen LogP) is 6.28. The van der Waals surface area contributed by atoms with Crippen molar-refractivity contribution in [2.45, 2.75) is 40.0 Å². The van der Waals surface area contributed by atoms with Crippen LogP contribution in [0.5, 0.6) is 0 Å². The molecule has 1 N–H and O–H groups in total. The number of anilines is 2. The molecule has 0 bridgehead atoms. The molecule has 0 aliphatic heterocycles. The smallest absolute Gasteiger partial charge is 0.211 e. The van der Waals surface area contributed by atoms with E-state index in [1.54, 1.807) is 29.0 Å². The van der Waals surface area contributed by atoms with Crippen LogP contribution in [-0.4, -0.2) is 20.2 Å². The Morgan fingerprint density at radius 2 is 1.79 bits per heavy atom. The average molecular weight is 410 g/mol. The van der Waals surface area contributed by atoms with Crippen LogP contribution in [0.4, 0.5) is 10.9 Å². The Hall–Kier alpha value is -2.38. The fourth-order valence-corrected chi connectivity index (χ4v) is 4.93. The minimum Gasteiger partial charge on any atom is -0.314 e. The molecule has 5 nitrogen and oxygen atoms in total. The van der Waals surface area contributed by atoms with E-state index in [2.05, 4.69) is 82.8 Å². The highest BCUT2D eigenvalue weighted by Crippen LogP contribution is 2.38. The van der Waals surface area contributed by atoms with Crippen molar-refractivity contribution >= 4 is 43.8 Å². The molecule has 0 atom stereocenters. The molecule has 0 spiro atoms. The number of benzene rings is 1. The van der Waals surface area contributed by atoms with Crippen LogP contribution in [0.25, 0.3) is 21.3 Å². The predicted molar refractivity (Wildman–Crippen MR) is 119 cm³/mol. The van der Waals surface area contributed by atoms with E-state index in [1.165, 1.54) is 11.1 Å². The van der Waals surface area contributed by atoms with Crippen molar-refractivity contribution in [1.29, 1.82) is 0 Å². The van der Waals surface area contributed by atoms with Crippen LogP contribution in [0.15, 0.2) is 36.0 Å². The summed E-state index contributed by atoms with van der Waals surface area (Å²) >= 11 is 3.22. The van der Waals surface area contributed by atoms with Gasteiger partial charge in [0.25, 0.3) is 0 Å². The van der Waals surface area contributed by atoms with Crippen molar-refractivity contribution in [3.63, 3.8) is 0 Å². The summed E-state index contributed by atoms with van der Waals surface area (Å²) in [6.07, 6.45) is 2.54. The Labute approximate surface area is 172 Å². The standard InChI is InChI=1S/C21H23N5S2/c1-12(2)9-17-25-26-21(28-17)24-19-18-16(10-27-20(18)23-11-22-19)15-7-5-14(6-8-15)13(3)4/h5-8,10-13H,9H2,1-4H3,(H,22,23,24,26). The zero-order chi connectivity index (χ0) is 19.7. The third-order valence-electron chi connectivity index (χ3n) is 4.53. The van der Waals surface area contributed by atoms with Gasteiger partial charge in [-0.1, -0.05) is 63.3 Å². The van der Waals surface area contributed by atoms with Gasteiger partial charge in [0.15, 0.2) is 0 Å². The molecule has 1 aromatic carbocycles. The molecule has 7 heteroatoms. The van der Waals surface area contributed by atoms with Gasteiger partial charge < -0.3 is 5.32 Å². The van der Waals surface area contributed by atoms with Crippen LogP contribution < -0.4 is 5.32 Å². The van der Waals surface area contributed by atoms with E-state index in [0.29, 0.717) is 11.8 Å². The largest absolute Gasteiger partial charge is 0.314 e. The van der Waals surface area contributed by atoms with Gasteiger partial charge in [-0.25, -0.2) is 9.97 Å². The summed E-state index contributed by atoms with van der Waals surface area (Å²) in [5.74, 6) is 1.86. The summed E-state index contributed by atoms with van der Waals surface area (Å²) in [5.41, 5.74) is 3.65. The molecule has 0 amide bonds. The molecule has 0 saturated heterocycles. The highest BCUT2D eigenvalue weighted by atomic mass is 32.1. The Kier molecular flexibility index (Phi) is 5.37. The molecule has 3 aromatic heterocycles. The van der Waals surface area contributed by atoms with Crippen LogP contribution in [0.2, 0.25) is 0 Å².